The lowest BCUT2D eigenvalue weighted by Crippen LogP contribution is -2.28. The fourth-order valence-electron chi connectivity index (χ4n) is 1.61. The molecule has 0 saturated heterocycles. The lowest BCUT2D eigenvalue weighted by atomic mass is 10.2. The van der Waals surface area contributed by atoms with E-state index in [0.29, 0.717) is 18.1 Å². The van der Waals surface area contributed by atoms with E-state index in [-0.39, 0.29) is 11.9 Å². The van der Waals surface area contributed by atoms with Gasteiger partial charge in [0.1, 0.15) is 11.5 Å². The zero-order chi connectivity index (χ0) is 14.4. The van der Waals surface area contributed by atoms with Gasteiger partial charge in [-0.1, -0.05) is 11.8 Å². The average molecular weight is 269 g/mol. The number of aromatic amines is 1. The third-order valence-corrected chi connectivity index (χ3v) is 2.61. The van der Waals surface area contributed by atoms with Gasteiger partial charge in [0, 0.05) is 24.2 Å². The Bertz CT molecular complexity index is 622. The second-order valence-electron chi connectivity index (χ2n) is 4.11. The molecule has 0 spiro atoms. The van der Waals surface area contributed by atoms with Gasteiger partial charge in [-0.2, -0.15) is 0 Å². The summed E-state index contributed by atoms with van der Waals surface area (Å²) in [5, 5.41) is 2.81. The third-order valence-electron chi connectivity index (χ3n) is 2.61. The van der Waals surface area contributed by atoms with Crippen molar-refractivity contribution in [1.82, 2.24) is 20.3 Å². The molecule has 0 aliphatic carbocycles. The van der Waals surface area contributed by atoms with Crippen LogP contribution in [0.1, 0.15) is 34.8 Å². The van der Waals surface area contributed by atoms with Crippen molar-refractivity contribution in [2.24, 2.45) is 5.73 Å². The average Bonchev–Trinajstić information content (AvgIpc) is 3.00. The maximum absolute atomic E-state index is 12.0. The summed E-state index contributed by atoms with van der Waals surface area (Å²) in [6.45, 7) is 2.14. The van der Waals surface area contributed by atoms with E-state index in [1.165, 1.54) is 0 Å². The monoisotopic (exact) mass is 269 g/mol. The summed E-state index contributed by atoms with van der Waals surface area (Å²) in [6.07, 6.45) is 4.90. The number of amides is 1. The van der Waals surface area contributed by atoms with E-state index in [2.05, 4.69) is 32.1 Å². The van der Waals surface area contributed by atoms with Crippen molar-refractivity contribution < 1.29 is 4.79 Å². The van der Waals surface area contributed by atoms with Gasteiger partial charge in [-0.05, 0) is 19.1 Å². The van der Waals surface area contributed by atoms with Gasteiger partial charge in [0.05, 0.1) is 12.6 Å². The summed E-state index contributed by atoms with van der Waals surface area (Å²) in [5.41, 5.74) is 6.35. The van der Waals surface area contributed by atoms with Crippen molar-refractivity contribution >= 4 is 5.91 Å². The number of hydrogen-bond donors (Lipinski definition) is 3. The molecule has 2 heterocycles. The molecular weight excluding hydrogens is 254 g/mol. The van der Waals surface area contributed by atoms with Gasteiger partial charge in [-0.25, -0.2) is 9.97 Å². The molecule has 2 rings (SSSR count). The highest BCUT2D eigenvalue weighted by Gasteiger charge is 2.13. The van der Waals surface area contributed by atoms with E-state index in [1.807, 2.05) is 6.92 Å². The molecule has 2 aromatic rings. The first kappa shape index (κ1) is 13.8. The smallest absolute Gasteiger partial charge is 0.270 e. The molecular formula is C14H15N5O. The van der Waals surface area contributed by atoms with Crippen LogP contribution in [0.2, 0.25) is 0 Å². The normalized spacial score (nSPS) is 11.3. The number of nitrogens with one attached hydrogen (secondary N) is 2. The second kappa shape index (κ2) is 6.50. The van der Waals surface area contributed by atoms with Gasteiger partial charge in [-0.3, -0.25) is 4.79 Å². The summed E-state index contributed by atoms with van der Waals surface area (Å²) in [7, 11) is 0. The van der Waals surface area contributed by atoms with Crippen LogP contribution in [0.3, 0.4) is 0 Å². The molecule has 0 fully saturated rings. The quantitative estimate of drug-likeness (QED) is 0.711. The third kappa shape index (κ3) is 3.43. The maximum Gasteiger partial charge on any atom is 0.270 e. The van der Waals surface area contributed by atoms with Crippen molar-refractivity contribution in [1.29, 1.82) is 0 Å². The Hall–Kier alpha value is -2.65. The minimum atomic E-state index is -0.257. The Morgan fingerprint density at radius 2 is 2.35 bits per heavy atom. The van der Waals surface area contributed by atoms with E-state index in [1.54, 1.807) is 30.7 Å². The molecule has 0 aromatic carbocycles. The minimum absolute atomic E-state index is 0.212. The Labute approximate surface area is 116 Å². The van der Waals surface area contributed by atoms with Gasteiger partial charge < -0.3 is 16.0 Å². The molecule has 0 aliphatic heterocycles. The topological polar surface area (TPSA) is 96.7 Å². The fourth-order valence-corrected chi connectivity index (χ4v) is 1.61. The molecule has 0 radical (unpaired) electrons. The molecule has 102 valence electrons. The number of pyridine rings is 1. The van der Waals surface area contributed by atoms with Crippen LogP contribution in [0, 0.1) is 11.8 Å². The number of carbonyl (C=O) groups is 1. The SMILES string of the molecule is CC(NC(=O)c1ccc(C#CCN)cn1)c1ncc[nH]1. The van der Waals surface area contributed by atoms with Crippen LogP contribution in [0.25, 0.3) is 0 Å². The van der Waals surface area contributed by atoms with Gasteiger partial charge in [0.25, 0.3) is 5.91 Å². The number of nitrogens with zero attached hydrogens (tertiary/aromatic N) is 2. The Morgan fingerprint density at radius 3 is 2.95 bits per heavy atom. The van der Waals surface area contributed by atoms with Crippen LogP contribution in [0.15, 0.2) is 30.7 Å². The van der Waals surface area contributed by atoms with Crippen molar-refractivity contribution in [2.75, 3.05) is 6.54 Å². The molecule has 0 aliphatic rings. The van der Waals surface area contributed by atoms with E-state index >= 15 is 0 Å². The van der Waals surface area contributed by atoms with Crippen LogP contribution in [0.5, 0.6) is 0 Å². The highest BCUT2D eigenvalue weighted by atomic mass is 16.1. The van der Waals surface area contributed by atoms with Crippen LogP contribution in [0.4, 0.5) is 0 Å². The number of nitrogens with two attached hydrogens (primary N) is 1. The number of rotatable bonds is 3. The molecule has 0 bridgehead atoms. The predicted molar refractivity (Wildman–Crippen MR) is 74.6 cm³/mol. The van der Waals surface area contributed by atoms with E-state index in [4.69, 9.17) is 5.73 Å². The van der Waals surface area contributed by atoms with E-state index in [0.717, 1.165) is 5.56 Å². The zero-order valence-electron chi connectivity index (χ0n) is 11.1. The van der Waals surface area contributed by atoms with Crippen molar-refractivity contribution in [2.45, 2.75) is 13.0 Å². The Morgan fingerprint density at radius 1 is 1.50 bits per heavy atom. The van der Waals surface area contributed by atoms with E-state index < -0.39 is 0 Å². The molecule has 6 heteroatoms. The summed E-state index contributed by atoms with van der Waals surface area (Å²) in [4.78, 5) is 23.1. The second-order valence-corrected chi connectivity index (χ2v) is 4.11. The Balaban J connectivity index is 2.02. The molecule has 6 nitrogen and oxygen atoms in total. The zero-order valence-corrected chi connectivity index (χ0v) is 11.1. The van der Waals surface area contributed by atoms with Gasteiger partial charge >= 0.3 is 0 Å². The largest absolute Gasteiger partial charge is 0.347 e. The number of imidazole rings is 1. The number of carbonyl (C=O) groups excluding carboxylic acids is 1. The van der Waals surface area contributed by atoms with Crippen LogP contribution < -0.4 is 11.1 Å². The molecule has 2 aromatic heterocycles. The van der Waals surface area contributed by atoms with Crippen molar-refractivity contribution in [3.8, 4) is 11.8 Å². The van der Waals surface area contributed by atoms with Crippen molar-refractivity contribution in [3.05, 3.63) is 47.8 Å². The first-order valence-electron chi connectivity index (χ1n) is 6.16. The predicted octanol–water partition coefficient (Wildman–Crippen LogP) is 0.606. The Kier molecular flexibility index (Phi) is 4.47. The highest BCUT2D eigenvalue weighted by Crippen LogP contribution is 2.07. The van der Waals surface area contributed by atoms with E-state index in [9.17, 15) is 4.79 Å². The standard InChI is InChI=1S/C14H15N5O/c1-10(13-16-7-8-17-13)19-14(20)12-5-4-11(9-18-12)3-2-6-15/h4-5,7-10H,6,15H2,1H3,(H,16,17)(H,19,20). The summed E-state index contributed by atoms with van der Waals surface area (Å²) >= 11 is 0. The minimum Gasteiger partial charge on any atom is -0.347 e. The molecule has 4 N–H and O–H groups in total. The maximum atomic E-state index is 12.0. The molecule has 0 saturated carbocycles. The van der Waals surface area contributed by atoms with Crippen LogP contribution >= 0.6 is 0 Å². The van der Waals surface area contributed by atoms with Crippen molar-refractivity contribution in [3.63, 3.8) is 0 Å². The van der Waals surface area contributed by atoms with Crippen LogP contribution in [-0.2, 0) is 0 Å². The first-order chi connectivity index (χ1) is 9.70. The first-order valence-corrected chi connectivity index (χ1v) is 6.16. The van der Waals surface area contributed by atoms with Gasteiger partial charge in [0.15, 0.2) is 0 Å². The molecule has 1 atom stereocenters. The van der Waals surface area contributed by atoms with Gasteiger partial charge in [0.2, 0.25) is 0 Å². The highest BCUT2D eigenvalue weighted by molar-refractivity contribution is 5.92. The van der Waals surface area contributed by atoms with Gasteiger partial charge in [-0.15, -0.1) is 0 Å². The molecule has 1 unspecified atom stereocenters. The summed E-state index contributed by atoms with van der Waals surface area (Å²) in [6, 6.07) is 3.16. The number of H-pyrrole nitrogens is 1. The summed E-state index contributed by atoms with van der Waals surface area (Å²) < 4.78 is 0. The summed E-state index contributed by atoms with van der Waals surface area (Å²) in [5.74, 6) is 6.02. The molecule has 20 heavy (non-hydrogen) atoms. The number of aromatic nitrogens is 3. The fraction of sp³-hybridized carbons (Fsp3) is 0.214. The lowest BCUT2D eigenvalue weighted by molar-refractivity contribution is 0.0933. The lowest BCUT2D eigenvalue weighted by Gasteiger charge is -2.10. The number of hydrogen-bond acceptors (Lipinski definition) is 4. The van der Waals surface area contributed by atoms with Crippen LogP contribution in [-0.4, -0.2) is 27.4 Å². The molecule has 1 amide bonds.